The Morgan fingerprint density at radius 1 is 1.07 bits per heavy atom. The topological polar surface area (TPSA) is 48.5 Å². The maximum absolute atomic E-state index is 11.4. The van der Waals surface area contributed by atoms with Crippen LogP contribution in [-0.2, 0) is 10.3 Å². The van der Waals surface area contributed by atoms with Gasteiger partial charge in [-0.3, -0.25) is 9.69 Å². The van der Waals surface area contributed by atoms with Crippen molar-refractivity contribution in [2.45, 2.75) is 39.3 Å². The third-order valence-electron chi connectivity index (χ3n) is 5.44. The highest BCUT2D eigenvalue weighted by atomic mass is 16.1. The molecule has 1 saturated heterocycles. The molecule has 5 heteroatoms. The van der Waals surface area contributed by atoms with Crippen LogP contribution in [-0.4, -0.2) is 42.0 Å². The van der Waals surface area contributed by atoms with Gasteiger partial charge in [0.05, 0.1) is 5.54 Å². The number of aromatic nitrogens is 1. The second-order valence-electron chi connectivity index (χ2n) is 7.82. The van der Waals surface area contributed by atoms with Gasteiger partial charge in [-0.2, -0.15) is 0 Å². The number of amides is 1. The molecule has 0 saturated carbocycles. The summed E-state index contributed by atoms with van der Waals surface area (Å²) in [6.45, 7) is 11.9. The number of rotatable bonds is 5. The maximum Gasteiger partial charge on any atom is 0.217 e. The number of nitrogens with zero attached hydrogens (tertiary/aromatic N) is 3. The van der Waals surface area contributed by atoms with Gasteiger partial charge < -0.3 is 10.2 Å². The van der Waals surface area contributed by atoms with E-state index in [1.165, 1.54) is 5.56 Å². The maximum atomic E-state index is 11.4. The first-order chi connectivity index (χ1) is 12.9. The van der Waals surface area contributed by atoms with E-state index in [9.17, 15) is 4.79 Å². The summed E-state index contributed by atoms with van der Waals surface area (Å²) >= 11 is 0. The normalized spacial score (nSPS) is 16.8. The van der Waals surface area contributed by atoms with Crippen LogP contribution >= 0.6 is 0 Å². The van der Waals surface area contributed by atoms with Crippen molar-refractivity contribution in [3.05, 3.63) is 59.8 Å². The molecule has 1 unspecified atom stereocenters. The Kier molecular flexibility index (Phi) is 5.80. The van der Waals surface area contributed by atoms with E-state index >= 15 is 0 Å². The van der Waals surface area contributed by atoms with Crippen LogP contribution in [0.4, 0.5) is 5.82 Å². The van der Waals surface area contributed by atoms with E-state index in [0.29, 0.717) is 6.04 Å². The van der Waals surface area contributed by atoms with Gasteiger partial charge >= 0.3 is 0 Å². The molecule has 2 heterocycles. The van der Waals surface area contributed by atoms with Crippen molar-refractivity contribution in [3.63, 3.8) is 0 Å². The molecule has 0 radical (unpaired) electrons. The summed E-state index contributed by atoms with van der Waals surface area (Å²) in [7, 11) is 0. The first-order valence-electron chi connectivity index (χ1n) is 9.66. The second kappa shape index (κ2) is 8.09. The van der Waals surface area contributed by atoms with Crippen LogP contribution in [0.3, 0.4) is 0 Å². The molecule has 1 amide bonds. The highest BCUT2D eigenvalue weighted by Gasteiger charge is 2.24. The summed E-state index contributed by atoms with van der Waals surface area (Å²) < 4.78 is 0. The molecule has 1 N–H and O–H groups in total. The van der Waals surface area contributed by atoms with E-state index in [4.69, 9.17) is 0 Å². The standard InChI is InChI=1S/C22H30N4O/c1-17(19-8-10-20(11-9-19)22(3,4)24-18(2)27)25-13-15-26(16-14-25)21-7-5-6-12-23-21/h5-12,17H,13-16H2,1-4H3,(H,24,27). The zero-order valence-electron chi connectivity index (χ0n) is 16.8. The Morgan fingerprint density at radius 3 is 2.30 bits per heavy atom. The largest absolute Gasteiger partial charge is 0.354 e. The summed E-state index contributed by atoms with van der Waals surface area (Å²) in [5, 5.41) is 3.01. The lowest BCUT2D eigenvalue weighted by molar-refractivity contribution is -0.120. The van der Waals surface area contributed by atoms with Gasteiger partial charge in [0, 0.05) is 45.3 Å². The van der Waals surface area contributed by atoms with Crippen LogP contribution in [0.15, 0.2) is 48.7 Å². The molecule has 0 bridgehead atoms. The van der Waals surface area contributed by atoms with E-state index < -0.39 is 0 Å². The molecule has 1 fully saturated rings. The Hall–Kier alpha value is -2.40. The minimum Gasteiger partial charge on any atom is -0.354 e. The van der Waals surface area contributed by atoms with Gasteiger partial charge in [-0.1, -0.05) is 30.3 Å². The molecule has 3 rings (SSSR count). The lowest BCUT2D eigenvalue weighted by Crippen LogP contribution is -2.47. The van der Waals surface area contributed by atoms with E-state index in [2.05, 4.69) is 57.4 Å². The summed E-state index contributed by atoms with van der Waals surface area (Å²) in [6.07, 6.45) is 1.86. The van der Waals surface area contributed by atoms with Crippen molar-refractivity contribution in [1.82, 2.24) is 15.2 Å². The van der Waals surface area contributed by atoms with Crippen molar-refractivity contribution in [1.29, 1.82) is 0 Å². The van der Waals surface area contributed by atoms with Crippen molar-refractivity contribution in [3.8, 4) is 0 Å². The predicted molar refractivity (Wildman–Crippen MR) is 110 cm³/mol. The average molecular weight is 367 g/mol. The van der Waals surface area contributed by atoms with Crippen LogP contribution in [0.5, 0.6) is 0 Å². The zero-order valence-corrected chi connectivity index (χ0v) is 16.8. The molecule has 27 heavy (non-hydrogen) atoms. The molecule has 144 valence electrons. The molecule has 2 aromatic rings. The lowest BCUT2D eigenvalue weighted by Gasteiger charge is -2.38. The first-order valence-corrected chi connectivity index (χ1v) is 9.66. The molecule has 0 spiro atoms. The van der Waals surface area contributed by atoms with Crippen LogP contribution in [0.25, 0.3) is 0 Å². The number of carbonyl (C=O) groups is 1. The Labute approximate surface area is 162 Å². The predicted octanol–water partition coefficient (Wildman–Crippen LogP) is 3.34. The Morgan fingerprint density at radius 2 is 1.74 bits per heavy atom. The summed E-state index contributed by atoms with van der Waals surface area (Å²) in [5.74, 6) is 1.05. The number of anilines is 1. The first kappa shape index (κ1) is 19.4. The van der Waals surface area contributed by atoms with Gasteiger partial charge in [0.1, 0.15) is 5.82 Å². The summed E-state index contributed by atoms with van der Waals surface area (Å²) in [6, 6.07) is 15.1. The number of piperazine rings is 1. The van der Waals surface area contributed by atoms with Crippen molar-refractivity contribution < 1.29 is 4.79 Å². The fraction of sp³-hybridized carbons (Fsp3) is 0.455. The van der Waals surface area contributed by atoms with Gasteiger partial charge in [0.2, 0.25) is 5.91 Å². The van der Waals surface area contributed by atoms with Gasteiger partial charge in [-0.05, 0) is 44.0 Å². The lowest BCUT2D eigenvalue weighted by atomic mass is 9.92. The van der Waals surface area contributed by atoms with Crippen molar-refractivity contribution >= 4 is 11.7 Å². The molecule has 0 aliphatic carbocycles. The number of hydrogen-bond donors (Lipinski definition) is 1. The van der Waals surface area contributed by atoms with Crippen molar-refractivity contribution in [2.75, 3.05) is 31.1 Å². The summed E-state index contributed by atoms with van der Waals surface area (Å²) in [4.78, 5) is 20.7. The summed E-state index contributed by atoms with van der Waals surface area (Å²) in [5.41, 5.74) is 2.07. The molecule has 1 aromatic heterocycles. The van der Waals surface area contributed by atoms with E-state index in [-0.39, 0.29) is 11.4 Å². The number of pyridine rings is 1. The third kappa shape index (κ3) is 4.66. The molecule has 1 atom stereocenters. The number of hydrogen-bond acceptors (Lipinski definition) is 4. The van der Waals surface area contributed by atoms with Gasteiger partial charge in [0.15, 0.2) is 0 Å². The average Bonchev–Trinajstić information content (AvgIpc) is 2.67. The molecular formula is C22H30N4O. The van der Waals surface area contributed by atoms with Crippen LogP contribution in [0, 0.1) is 0 Å². The monoisotopic (exact) mass is 366 g/mol. The van der Waals surface area contributed by atoms with E-state index in [1.54, 1.807) is 6.92 Å². The van der Waals surface area contributed by atoms with Gasteiger partial charge in [-0.25, -0.2) is 4.98 Å². The smallest absolute Gasteiger partial charge is 0.217 e. The highest BCUT2D eigenvalue weighted by Crippen LogP contribution is 2.26. The van der Waals surface area contributed by atoms with Crippen molar-refractivity contribution in [2.24, 2.45) is 0 Å². The third-order valence-corrected chi connectivity index (χ3v) is 5.44. The highest BCUT2D eigenvalue weighted by molar-refractivity contribution is 5.74. The zero-order chi connectivity index (χ0) is 19.4. The van der Waals surface area contributed by atoms with E-state index in [0.717, 1.165) is 37.6 Å². The number of carbonyl (C=O) groups excluding carboxylic acids is 1. The Bertz CT molecular complexity index is 750. The SMILES string of the molecule is CC(=O)NC(C)(C)c1ccc(C(C)N2CCN(c3ccccn3)CC2)cc1. The fourth-order valence-electron chi connectivity index (χ4n) is 3.78. The number of benzene rings is 1. The number of nitrogens with one attached hydrogen (secondary N) is 1. The molecule has 1 aliphatic rings. The van der Waals surface area contributed by atoms with Crippen LogP contribution in [0.1, 0.15) is 44.9 Å². The fourth-order valence-corrected chi connectivity index (χ4v) is 3.78. The van der Waals surface area contributed by atoms with Crippen LogP contribution < -0.4 is 10.2 Å². The quantitative estimate of drug-likeness (QED) is 0.882. The minimum atomic E-state index is -0.359. The molecule has 1 aliphatic heterocycles. The Balaban J connectivity index is 1.61. The molecular weight excluding hydrogens is 336 g/mol. The van der Waals surface area contributed by atoms with E-state index in [1.807, 2.05) is 32.2 Å². The molecule has 5 nitrogen and oxygen atoms in total. The minimum absolute atomic E-state index is 0.0109. The molecule has 1 aromatic carbocycles. The van der Waals surface area contributed by atoms with Gasteiger partial charge in [-0.15, -0.1) is 0 Å². The second-order valence-corrected chi connectivity index (χ2v) is 7.82. The van der Waals surface area contributed by atoms with Crippen LogP contribution in [0.2, 0.25) is 0 Å². The van der Waals surface area contributed by atoms with Gasteiger partial charge in [0.25, 0.3) is 0 Å².